The second-order valence-electron chi connectivity index (χ2n) is 4.49. The Hall–Kier alpha value is -1.08. The zero-order chi connectivity index (χ0) is 11.5. The molecule has 0 aliphatic carbocycles. The van der Waals surface area contributed by atoms with Crippen LogP contribution in [0.25, 0.3) is 0 Å². The first-order valence-corrected chi connectivity index (χ1v) is 5.11. The molecule has 1 saturated heterocycles. The zero-order valence-electron chi connectivity index (χ0n) is 9.45. The Balaban J connectivity index is 2.70. The van der Waals surface area contributed by atoms with Gasteiger partial charge in [-0.1, -0.05) is 0 Å². The maximum atomic E-state index is 11.4. The largest absolute Gasteiger partial charge is 0.468 e. The number of carbonyl (C=O) groups excluding carboxylic acids is 1. The Morgan fingerprint density at radius 2 is 2.33 bits per heavy atom. The number of esters is 1. The number of ether oxygens (including phenoxy) is 2. The topological polar surface area (TPSA) is 59.3 Å². The SMILES string of the molecule is COC(=O)C(C#N)C1CCOC(C)(C)C1. The van der Waals surface area contributed by atoms with E-state index in [0.29, 0.717) is 6.61 Å². The second-order valence-corrected chi connectivity index (χ2v) is 4.49. The van der Waals surface area contributed by atoms with Crippen molar-refractivity contribution >= 4 is 5.97 Å². The molecule has 0 aromatic heterocycles. The highest BCUT2D eigenvalue weighted by Crippen LogP contribution is 2.33. The third-order valence-corrected chi connectivity index (χ3v) is 2.80. The van der Waals surface area contributed by atoms with Crippen LogP contribution in [0.2, 0.25) is 0 Å². The molecule has 4 nitrogen and oxygen atoms in total. The van der Waals surface area contributed by atoms with E-state index in [9.17, 15) is 4.79 Å². The summed E-state index contributed by atoms with van der Waals surface area (Å²) in [4.78, 5) is 11.4. The molecule has 0 N–H and O–H groups in total. The van der Waals surface area contributed by atoms with Crippen LogP contribution in [-0.2, 0) is 14.3 Å². The summed E-state index contributed by atoms with van der Waals surface area (Å²) in [6, 6.07) is 2.03. The highest BCUT2D eigenvalue weighted by molar-refractivity contribution is 5.75. The third-order valence-electron chi connectivity index (χ3n) is 2.80. The normalized spacial score (nSPS) is 26.4. The maximum absolute atomic E-state index is 11.4. The van der Waals surface area contributed by atoms with Gasteiger partial charge in [-0.15, -0.1) is 0 Å². The fourth-order valence-electron chi connectivity index (χ4n) is 2.04. The lowest BCUT2D eigenvalue weighted by Crippen LogP contribution is -2.38. The number of hydrogen-bond acceptors (Lipinski definition) is 4. The summed E-state index contributed by atoms with van der Waals surface area (Å²) in [5.74, 6) is -1.04. The van der Waals surface area contributed by atoms with Gasteiger partial charge in [-0.2, -0.15) is 5.26 Å². The van der Waals surface area contributed by atoms with Crippen LogP contribution in [-0.4, -0.2) is 25.3 Å². The molecule has 0 bridgehead atoms. The van der Waals surface area contributed by atoms with Crippen molar-refractivity contribution in [2.45, 2.75) is 32.3 Å². The Kier molecular flexibility index (Phi) is 3.70. The lowest BCUT2D eigenvalue weighted by molar-refractivity contribution is -0.148. The van der Waals surface area contributed by atoms with Gasteiger partial charge in [0.2, 0.25) is 0 Å². The van der Waals surface area contributed by atoms with Gasteiger partial charge in [0.25, 0.3) is 0 Å². The smallest absolute Gasteiger partial charge is 0.323 e. The molecule has 2 atom stereocenters. The van der Waals surface area contributed by atoms with E-state index < -0.39 is 11.9 Å². The number of nitriles is 1. The molecule has 1 aliphatic rings. The molecular formula is C11H17NO3. The van der Waals surface area contributed by atoms with E-state index in [2.05, 4.69) is 4.74 Å². The molecule has 4 heteroatoms. The van der Waals surface area contributed by atoms with Crippen molar-refractivity contribution in [2.75, 3.05) is 13.7 Å². The van der Waals surface area contributed by atoms with Crippen LogP contribution in [0.5, 0.6) is 0 Å². The van der Waals surface area contributed by atoms with Crippen molar-refractivity contribution in [3.8, 4) is 6.07 Å². The summed E-state index contributed by atoms with van der Waals surface area (Å²) in [6.07, 6.45) is 1.47. The highest BCUT2D eigenvalue weighted by atomic mass is 16.5. The molecule has 1 rings (SSSR count). The van der Waals surface area contributed by atoms with E-state index >= 15 is 0 Å². The Bertz CT molecular complexity index is 280. The molecule has 0 aromatic rings. The lowest BCUT2D eigenvalue weighted by atomic mass is 9.80. The molecular weight excluding hydrogens is 194 g/mol. The second kappa shape index (κ2) is 4.63. The fourth-order valence-corrected chi connectivity index (χ4v) is 2.04. The molecule has 84 valence electrons. The van der Waals surface area contributed by atoms with E-state index in [-0.39, 0.29) is 11.5 Å². The first kappa shape index (κ1) is 12.0. The number of methoxy groups -OCH3 is 1. The summed E-state index contributed by atoms with van der Waals surface area (Å²) in [7, 11) is 1.32. The van der Waals surface area contributed by atoms with Crippen molar-refractivity contribution in [1.29, 1.82) is 5.26 Å². The minimum Gasteiger partial charge on any atom is -0.468 e. The highest BCUT2D eigenvalue weighted by Gasteiger charge is 2.37. The van der Waals surface area contributed by atoms with Gasteiger partial charge in [0, 0.05) is 6.61 Å². The van der Waals surface area contributed by atoms with E-state index in [1.54, 1.807) is 0 Å². The van der Waals surface area contributed by atoms with Gasteiger partial charge >= 0.3 is 5.97 Å². The van der Waals surface area contributed by atoms with Gasteiger partial charge in [-0.3, -0.25) is 4.79 Å². The van der Waals surface area contributed by atoms with Crippen LogP contribution >= 0.6 is 0 Å². The minimum absolute atomic E-state index is 0.0474. The van der Waals surface area contributed by atoms with Crippen molar-refractivity contribution in [2.24, 2.45) is 11.8 Å². The van der Waals surface area contributed by atoms with E-state index in [1.165, 1.54) is 7.11 Å². The van der Waals surface area contributed by atoms with Gasteiger partial charge in [0.1, 0.15) is 5.92 Å². The van der Waals surface area contributed by atoms with Crippen LogP contribution in [0.3, 0.4) is 0 Å². The van der Waals surface area contributed by atoms with E-state index in [0.717, 1.165) is 12.8 Å². The number of nitrogens with zero attached hydrogens (tertiary/aromatic N) is 1. The van der Waals surface area contributed by atoms with Crippen molar-refractivity contribution < 1.29 is 14.3 Å². The third kappa shape index (κ3) is 2.93. The average molecular weight is 211 g/mol. The summed E-state index contributed by atoms with van der Waals surface area (Å²) in [5, 5.41) is 8.96. The number of hydrogen-bond donors (Lipinski definition) is 0. The van der Waals surface area contributed by atoms with Crippen LogP contribution < -0.4 is 0 Å². The predicted octanol–water partition coefficient (Wildman–Crippen LogP) is 1.50. The predicted molar refractivity (Wildman–Crippen MR) is 53.9 cm³/mol. The molecule has 15 heavy (non-hydrogen) atoms. The Morgan fingerprint density at radius 3 is 2.80 bits per heavy atom. The fraction of sp³-hybridized carbons (Fsp3) is 0.818. The van der Waals surface area contributed by atoms with Gasteiger partial charge in [0.05, 0.1) is 18.8 Å². The van der Waals surface area contributed by atoms with Gasteiger partial charge in [-0.25, -0.2) is 0 Å². The zero-order valence-corrected chi connectivity index (χ0v) is 9.45. The molecule has 0 radical (unpaired) electrons. The Labute approximate surface area is 90.2 Å². The standard InChI is InChI=1S/C11H17NO3/c1-11(2)6-8(4-5-15-11)9(7-12)10(13)14-3/h8-9H,4-6H2,1-3H3. The average Bonchev–Trinajstić information content (AvgIpc) is 2.17. The van der Waals surface area contributed by atoms with Crippen LogP contribution in [0.15, 0.2) is 0 Å². The van der Waals surface area contributed by atoms with Gasteiger partial charge < -0.3 is 9.47 Å². The maximum Gasteiger partial charge on any atom is 0.323 e. The molecule has 0 saturated carbocycles. The quantitative estimate of drug-likeness (QED) is 0.649. The summed E-state index contributed by atoms with van der Waals surface area (Å²) in [6.45, 7) is 4.56. The molecule has 1 heterocycles. The van der Waals surface area contributed by atoms with E-state index in [1.807, 2.05) is 19.9 Å². The van der Waals surface area contributed by atoms with Crippen molar-refractivity contribution in [3.05, 3.63) is 0 Å². The van der Waals surface area contributed by atoms with Crippen molar-refractivity contribution in [1.82, 2.24) is 0 Å². The molecule has 0 amide bonds. The summed E-state index contributed by atoms with van der Waals surface area (Å²) in [5.41, 5.74) is -0.244. The van der Waals surface area contributed by atoms with Gasteiger partial charge in [-0.05, 0) is 32.6 Å². The number of rotatable bonds is 2. The first-order valence-electron chi connectivity index (χ1n) is 5.11. The molecule has 1 fully saturated rings. The Morgan fingerprint density at radius 1 is 1.67 bits per heavy atom. The van der Waals surface area contributed by atoms with Gasteiger partial charge in [0.15, 0.2) is 0 Å². The summed E-state index contributed by atoms with van der Waals surface area (Å²) < 4.78 is 10.2. The van der Waals surface area contributed by atoms with Crippen LogP contribution in [0.4, 0.5) is 0 Å². The lowest BCUT2D eigenvalue weighted by Gasteiger charge is -2.36. The minimum atomic E-state index is -0.654. The molecule has 2 unspecified atom stereocenters. The number of carbonyl (C=O) groups is 1. The molecule has 1 aliphatic heterocycles. The van der Waals surface area contributed by atoms with Crippen LogP contribution in [0, 0.1) is 23.2 Å². The summed E-state index contributed by atoms with van der Waals surface area (Å²) >= 11 is 0. The van der Waals surface area contributed by atoms with Crippen molar-refractivity contribution in [3.63, 3.8) is 0 Å². The monoisotopic (exact) mass is 211 g/mol. The van der Waals surface area contributed by atoms with E-state index in [4.69, 9.17) is 10.00 Å². The molecule has 0 spiro atoms. The van der Waals surface area contributed by atoms with Crippen LogP contribution in [0.1, 0.15) is 26.7 Å². The molecule has 0 aromatic carbocycles. The first-order chi connectivity index (χ1) is 7.00.